The maximum absolute atomic E-state index is 5.61. The summed E-state index contributed by atoms with van der Waals surface area (Å²) in [5.74, 6) is 1.19. The van der Waals surface area contributed by atoms with Crippen molar-refractivity contribution in [2.75, 3.05) is 5.73 Å². The van der Waals surface area contributed by atoms with Crippen molar-refractivity contribution < 1.29 is 0 Å². The van der Waals surface area contributed by atoms with E-state index in [9.17, 15) is 0 Å². The van der Waals surface area contributed by atoms with E-state index < -0.39 is 0 Å². The third-order valence-corrected chi connectivity index (χ3v) is 2.42. The van der Waals surface area contributed by atoms with Crippen LogP contribution < -0.4 is 5.73 Å². The standard InChI is InChI=1S/C7H13N5/c1-2-6(5-3-4-5)12-7(8)9-10-11-12/h5-6H,2-4H2,1H3,(H2,8,9,11). The summed E-state index contributed by atoms with van der Waals surface area (Å²) in [6.07, 6.45) is 3.63. The van der Waals surface area contributed by atoms with Crippen LogP contribution in [0.1, 0.15) is 32.2 Å². The van der Waals surface area contributed by atoms with E-state index in [0.717, 1.165) is 12.3 Å². The first-order valence-corrected chi connectivity index (χ1v) is 4.36. The van der Waals surface area contributed by atoms with Gasteiger partial charge in [0.05, 0.1) is 6.04 Å². The molecule has 2 rings (SSSR count). The predicted octanol–water partition coefficient (Wildman–Crippen LogP) is 0.616. The number of tetrazole rings is 1. The Bertz CT molecular complexity index is 265. The van der Waals surface area contributed by atoms with Crippen molar-refractivity contribution in [2.24, 2.45) is 5.92 Å². The molecule has 0 aliphatic heterocycles. The monoisotopic (exact) mass is 167 g/mol. The normalized spacial score (nSPS) is 19.4. The lowest BCUT2D eigenvalue weighted by Crippen LogP contribution is -2.14. The van der Waals surface area contributed by atoms with Crippen LogP contribution in [0.2, 0.25) is 0 Å². The van der Waals surface area contributed by atoms with Crippen LogP contribution in [0, 0.1) is 5.92 Å². The van der Waals surface area contributed by atoms with Gasteiger partial charge in [0.15, 0.2) is 0 Å². The third-order valence-electron chi connectivity index (χ3n) is 2.42. The molecule has 0 aromatic carbocycles. The molecule has 66 valence electrons. The highest BCUT2D eigenvalue weighted by Gasteiger charge is 2.32. The molecule has 1 aromatic rings. The van der Waals surface area contributed by atoms with E-state index in [1.54, 1.807) is 4.68 Å². The quantitative estimate of drug-likeness (QED) is 0.716. The number of anilines is 1. The summed E-state index contributed by atoms with van der Waals surface area (Å²) in [4.78, 5) is 0. The van der Waals surface area contributed by atoms with Gasteiger partial charge in [0, 0.05) is 0 Å². The Hall–Kier alpha value is -1.13. The smallest absolute Gasteiger partial charge is 0.240 e. The van der Waals surface area contributed by atoms with Crippen LogP contribution in [-0.2, 0) is 0 Å². The van der Waals surface area contributed by atoms with Gasteiger partial charge in [-0.05, 0) is 35.6 Å². The largest absolute Gasteiger partial charge is 0.367 e. The maximum atomic E-state index is 5.61. The Morgan fingerprint density at radius 1 is 1.67 bits per heavy atom. The number of rotatable bonds is 3. The Morgan fingerprint density at radius 2 is 2.42 bits per heavy atom. The van der Waals surface area contributed by atoms with Crippen molar-refractivity contribution in [3.05, 3.63) is 0 Å². The van der Waals surface area contributed by atoms with Gasteiger partial charge in [0.25, 0.3) is 0 Å². The fourth-order valence-corrected chi connectivity index (χ4v) is 1.62. The number of aromatic nitrogens is 4. The Labute approximate surface area is 70.9 Å². The van der Waals surface area contributed by atoms with E-state index in [0.29, 0.717) is 12.0 Å². The highest BCUT2D eigenvalue weighted by Crippen LogP contribution is 2.41. The van der Waals surface area contributed by atoms with Crippen molar-refractivity contribution in [1.29, 1.82) is 0 Å². The second-order valence-electron chi connectivity index (χ2n) is 3.29. The Balaban J connectivity index is 2.20. The Morgan fingerprint density at radius 3 is 2.83 bits per heavy atom. The summed E-state index contributed by atoms with van der Waals surface area (Å²) < 4.78 is 1.75. The minimum atomic E-state index is 0.417. The van der Waals surface area contributed by atoms with E-state index >= 15 is 0 Å². The number of nitrogens with two attached hydrogens (primary N) is 1. The molecule has 5 nitrogen and oxygen atoms in total. The highest BCUT2D eigenvalue weighted by atomic mass is 15.6. The molecule has 0 amide bonds. The van der Waals surface area contributed by atoms with E-state index in [1.807, 2.05) is 0 Å². The summed E-state index contributed by atoms with van der Waals surface area (Å²) >= 11 is 0. The molecule has 0 radical (unpaired) electrons. The van der Waals surface area contributed by atoms with Crippen molar-refractivity contribution >= 4 is 5.95 Å². The minimum absolute atomic E-state index is 0.417. The molecule has 1 aliphatic carbocycles. The molecule has 5 heteroatoms. The number of hydrogen-bond acceptors (Lipinski definition) is 4. The zero-order valence-electron chi connectivity index (χ0n) is 7.14. The molecule has 12 heavy (non-hydrogen) atoms. The molecule has 0 saturated heterocycles. The number of nitrogen functional groups attached to an aromatic ring is 1. The Kier molecular flexibility index (Phi) is 1.71. The zero-order valence-corrected chi connectivity index (χ0v) is 7.14. The summed E-state index contributed by atoms with van der Waals surface area (Å²) in [6.45, 7) is 2.14. The van der Waals surface area contributed by atoms with Crippen LogP contribution in [0.25, 0.3) is 0 Å². The SMILES string of the molecule is CCC(C1CC1)n1nnnc1N. The second-order valence-corrected chi connectivity index (χ2v) is 3.29. The summed E-state index contributed by atoms with van der Waals surface area (Å²) in [6, 6.07) is 0.417. The van der Waals surface area contributed by atoms with Gasteiger partial charge in [0.2, 0.25) is 5.95 Å². The van der Waals surface area contributed by atoms with Crippen molar-refractivity contribution in [3.8, 4) is 0 Å². The molecule has 1 aromatic heterocycles. The van der Waals surface area contributed by atoms with Gasteiger partial charge in [-0.3, -0.25) is 0 Å². The van der Waals surface area contributed by atoms with Crippen LogP contribution in [0.5, 0.6) is 0 Å². The molecular weight excluding hydrogens is 154 g/mol. The first-order valence-electron chi connectivity index (χ1n) is 4.36. The van der Waals surface area contributed by atoms with Crippen LogP contribution in [0.15, 0.2) is 0 Å². The fourth-order valence-electron chi connectivity index (χ4n) is 1.62. The van der Waals surface area contributed by atoms with Crippen LogP contribution in [0.3, 0.4) is 0 Å². The van der Waals surface area contributed by atoms with Gasteiger partial charge in [-0.25, -0.2) is 4.68 Å². The molecule has 1 atom stereocenters. The molecular formula is C7H13N5. The van der Waals surface area contributed by atoms with Crippen molar-refractivity contribution in [1.82, 2.24) is 20.2 Å². The number of nitrogens with zero attached hydrogens (tertiary/aromatic N) is 4. The highest BCUT2D eigenvalue weighted by molar-refractivity contribution is 5.12. The molecule has 0 spiro atoms. The average Bonchev–Trinajstić information content (AvgIpc) is 2.80. The van der Waals surface area contributed by atoms with Crippen LogP contribution in [-0.4, -0.2) is 20.2 Å². The van der Waals surface area contributed by atoms with Crippen molar-refractivity contribution in [3.63, 3.8) is 0 Å². The van der Waals surface area contributed by atoms with Crippen LogP contribution >= 0.6 is 0 Å². The molecule has 1 unspecified atom stereocenters. The van der Waals surface area contributed by atoms with Gasteiger partial charge in [-0.1, -0.05) is 12.0 Å². The maximum Gasteiger partial charge on any atom is 0.240 e. The van der Waals surface area contributed by atoms with E-state index in [1.165, 1.54) is 12.8 Å². The molecule has 1 saturated carbocycles. The minimum Gasteiger partial charge on any atom is -0.367 e. The van der Waals surface area contributed by atoms with E-state index in [2.05, 4.69) is 22.4 Å². The van der Waals surface area contributed by atoms with Gasteiger partial charge in [-0.15, -0.1) is 0 Å². The van der Waals surface area contributed by atoms with Crippen molar-refractivity contribution in [2.45, 2.75) is 32.2 Å². The van der Waals surface area contributed by atoms with Gasteiger partial charge >= 0.3 is 0 Å². The van der Waals surface area contributed by atoms with Crippen LogP contribution in [0.4, 0.5) is 5.95 Å². The molecule has 1 heterocycles. The van der Waals surface area contributed by atoms with E-state index in [-0.39, 0.29) is 0 Å². The average molecular weight is 167 g/mol. The first kappa shape index (κ1) is 7.52. The zero-order chi connectivity index (χ0) is 8.55. The molecule has 0 bridgehead atoms. The number of hydrogen-bond donors (Lipinski definition) is 1. The summed E-state index contributed by atoms with van der Waals surface area (Å²) in [7, 11) is 0. The molecule has 1 aliphatic rings. The lowest BCUT2D eigenvalue weighted by Gasteiger charge is -2.13. The van der Waals surface area contributed by atoms with Gasteiger partial charge in [0.1, 0.15) is 0 Å². The van der Waals surface area contributed by atoms with Gasteiger partial charge in [-0.2, -0.15) is 0 Å². The summed E-state index contributed by atoms with van der Waals surface area (Å²) in [5.41, 5.74) is 5.61. The topological polar surface area (TPSA) is 69.6 Å². The van der Waals surface area contributed by atoms with E-state index in [4.69, 9.17) is 5.73 Å². The molecule has 2 N–H and O–H groups in total. The molecule has 1 fully saturated rings. The fraction of sp³-hybridized carbons (Fsp3) is 0.857. The first-order chi connectivity index (χ1) is 5.83. The lowest BCUT2D eigenvalue weighted by atomic mass is 10.1. The third kappa shape index (κ3) is 1.15. The predicted molar refractivity (Wildman–Crippen MR) is 44.3 cm³/mol. The lowest BCUT2D eigenvalue weighted by molar-refractivity contribution is 0.390. The van der Waals surface area contributed by atoms with Gasteiger partial charge < -0.3 is 5.73 Å². The second kappa shape index (κ2) is 2.73. The summed E-state index contributed by atoms with van der Waals surface area (Å²) in [5, 5.41) is 11.1.